The van der Waals surface area contributed by atoms with E-state index in [-0.39, 0.29) is 18.0 Å². The summed E-state index contributed by atoms with van der Waals surface area (Å²) in [5, 5.41) is 7.33. The first-order valence-electron chi connectivity index (χ1n) is 9.94. The van der Waals surface area contributed by atoms with E-state index in [1.165, 1.54) is 0 Å². The van der Waals surface area contributed by atoms with Crippen LogP contribution < -0.4 is 0 Å². The molecule has 2 aromatic heterocycles. The van der Waals surface area contributed by atoms with Gasteiger partial charge in [-0.1, -0.05) is 0 Å². The highest BCUT2D eigenvalue weighted by Gasteiger charge is 2.31. The van der Waals surface area contributed by atoms with Gasteiger partial charge in [0.15, 0.2) is 5.65 Å². The zero-order valence-corrected chi connectivity index (χ0v) is 16.7. The molecule has 0 atom stereocenters. The van der Waals surface area contributed by atoms with Crippen LogP contribution in [0.15, 0.2) is 12.3 Å². The van der Waals surface area contributed by atoms with Crippen molar-refractivity contribution in [1.29, 1.82) is 0 Å². The summed E-state index contributed by atoms with van der Waals surface area (Å²) in [6, 6.07) is 2.45. The minimum absolute atomic E-state index is 0.0727. The molecule has 4 rings (SSSR count). The summed E-state index contributed by atoms with van der Waals surface area (Å²) in [7, 11) is 3.63. The lowest BCUT2D eigenvalue weighted by Crippen LogP contribution is -2.45. The molecule has 0 N–H and O–H groups in total. The fourth-order valence-electron chi connectivity index (χ4n) is 3.95. The second kappa shape index (κ2) is 7.20. The summed E-state index contributed by atoms with van der Waals surface area (Å²) in [4.78, 5) is 25.5. The van der Waals surface area contributed by atoms with Gasteiger partial charge in [-0.2, -0.15) is 10.2 Å². The molecule has 2 fully saturated rings. The second-order valence-corrected chi connectivity index (χ2v) is 8.05. The molecule has 0 aromatic carbocycles. The highest BCUT2D eigenvalue weighted by molar-refractivity contribution is 6.05. The number of carbonyl (C=O) groups is 1. The van der Waals surface area contributed by atoms with Gasteiger partial charge in [-0.25, -0.2) is 9.67 Å². The summed E-state index contributed by atoms with van der Waals surface area (Å²) in [6.45, 7) is 5.89. The zero-order chi connectivity index (χ0) is 19.1. The molecule has 0 radical (unpaired) electrons. The van der Waals surface area contributed by atoms with Crippen molar-refractivity contribution < 1.29 is 9.63 Å². The van der Waals surface area contributed by atoms with Crippen molar-refractivity contribution in [1.82, 2.24) is 24.7 Å². The molecule has 1 amide bonds. The Bertz CT molecular complexity index is 834. The molecule has 146 valence electrons. The summed E-state index contributed by atoms with van der Waals surface area (Å²) in [5.74, 6) is 0.565. The predicted octanol–water partition coefficient (Wildman–Crippen LogP) is 2.99. The molecule has 27 heavy (non-hydrogen) atoms. The van der Waals surface area contributed by atoms with Crippen LogP contribution >= 0.6 is 0 Å². The molecule has 1 aliphatic carbocycles. The smallest absolute Gasteiger partial charge is 0.254 e. The Morgan fingerprint density at radius 2 is 1.96 bits per heavy atom. The Morgan fingerprint density at radius 1 is 1.26 bits per heavy atom. The highest BCUT2D eigenvalue weighted by atomic mass is 16.7. The Balaban J connectivity index is 1.66. The molecule has 0 unspecified atom stereocenters. The van der Waals surface area contributed by atoms with Gasteiger partial charge in [0.1, 0.15) is 0 Å². The molecule has 2 aromatic rings. The Morgan fingerprint density at radius 3 is 2.56 bits per heavy atom. The van der Waals surface area contributed by atoms with Crippen LogP contribution in [-0.4, -0.2) is 63.9 Å². The number of nitrogens with zero attached hydrogens (tertiary/aromatic N) is 5. The van der Waals surface area contributed by atoms with Crippen molar-refractivity contribution in [2.24, 2.45) is 0 Å². The number of piperidine rings is 1. The Hall–Kier alpha value is -1.99. The standard InChI is InChI=1S/C20H29N5O2/c1-13(2)25-19-17(12-21-25)16(11-18(22-19)14-5-6-14)20(26)23(3)15-7-9-24(27-4)10-8-15/h11-15H,5-10H2,1-4H3. The molecule has 0 bridgehead atoms. The quantitative estimate of drug-likeness (QED) is 0.808. The number of rotatable bonds is 5. The molecule has 1 aliphatic heterocycles. The number of amides is 1. The van der Waals surface area contributed by atoms with E-state index in [1.54, 1.807) is 13.3 Å². The van der Waals surface area contributed by atoms with Gasteiger partial charge in [0.05, 0.1) is 24.3 Å². The van der Waals surface area contributed by atoms with Gasteiger partial charge in [0.2, 0.25) is 0 Å². The van der Waals surface area contributed by atoms with Crippen molar-refractivity contribution >= 4 is 16.9 Å². The predicted molar refractivity (Wildman–Crippen MR) is 104 cm³/mol. The maximum absolute atomic E-state index is 13.4. The number of aromatic nitrogens is 3. The minimum Gasteiger partial charge on any atom is -0.339 e. The van der Waals surface area contributed by atoms with Crippen LogP contribution in [0.3, 0.4) is 0 Å². The molecular formula is C20H29N5O2. The van der Waals surface area contributed by atoms with Gasteiger partial charge in [0, 0.05) is 43.8 Å². The highest BCUT2D eigenvalue weighted by Crippen LogP contribution is 2.40. The van der Waals surface area contributed by atoms with Crippen molar-refractivity contribution in [2.75, 3.05) is 27.2 Å². The molecule has 3 heterocycles. The summed E-state index contributed by atoms with van der Waals surface area (Å²) in [5.41, 5.74) is 2.61. The molecule has 1 saturated heterocycles. The normalized spacial score (nSPS) is 19.1. The van der Waals surface area contributed by atoms with Gasteiger partial charge in [-0.15, -0.1) is 0 Å². The van der Waals surface area contributed by atoms with Crippen LogP contribution in [0.1, 0.15) is 67.5 Å². The van der Waals surface area contributed by atoms with E-state index in [0.29, 0.717) is 5.92 Å². The lowest BCUT2D eigenvalue weighted by molar-refractivity contribution is -0.148. The average Bonchev–Trinajstić information content (AvgIpc) is 3.44. The van der Waals surface area contributed by atoms with Crippen LogP contribution in [0, 0.1) is 0 Å². The van der Waals surface area contributed by atoms with Gasteiger partial charge < -0.3 is 9.74 Å². The third-order valence-electron chi connectivity index (χ3n) is 5.85. The first kappa shape index (κ1) is 18.4. The zero-order valence-electron chi connectivity index (χ0n) is 16.7. The second-order valence-electron chi connectivity index (χ2n) is 8.05. The number of fused-ring (bicyclic) bond motifs is 1. The summed E-state index contributed by atoms with van der Waals surface area (Å²) >= 11 is 0. The van der Waals surface area contributed by atoms with Crippen molar-refractivity contribution in [2.45, 2.75) is 57.5 Å². The van der Waals surface area contributed by atoms with Crippen molar-refractivity contribution in [3.63, 3.8) is 0 Å². The number of hydroxylamine groups is 2. The van der Waals surface area contributed by atoms with Gasteiger partial charge in [-0.3, -0.25) is 4.79 Å². The third-order valence-corrected chi connectivity index (χ3v) is 5.85. The molecule has 2 aliphatic rings. The van der Waals surface area contributed by atoms with Crippen LogP contribution in [0.5, 0.6) is 0 Å². The molecule has 7 heteroatoms. The van der Waals surface area contributed by atoms with E-state index >= 15 is 0 Å². The van der Waals surface area contributed by atoms with E-state index in [1.807, 2.05) is 27.8 Å². The van der Waals surface area contributed by atoms with E-state index in [0.717, 1.165) is 61.1 Å². The number of hydrogen-bond acceptors (Lipinski definition) is 5. The SMILES string of the molecule is CON1CCC(N(C)C(=O)c2cc(C3CC3)nc3c2cnn3C(C)C)CC1. The molecule has 7 nitrogen and oxygen atoms in total. The van der Waals surface area contributed by atoms with Crippen LogP contribution in [0.2, 0.25) is 0 Å². The fraction of sp³-hybridized carbons (Fsp3) is 0.650. The lowest BCUT2D eigenvalue weighted by Gasteiger charge is -2.35. The van der Waals surface area contributed by atoms with Crippen LogP contribution in [0.4, 0.5) is 0 Å². The van der Waals surface area contributed by atoms with Gasteiger partial charge >= 0.3 is 0 Å². The largest absolute Gasteiger partial charge is 0.339 e. The van der Waals surface area contributed by atoms with E-state index < -0.39 is 0 Å². The summed E-state index contributed by atoms with van der Waals surface area (Å²) in [6.07, 6.45) is 5.96. The third kappa shape index (κ3) is 3.46. The van der Waals surface area contributed by atoms with Gasteiger partial charge in [0.25, 0.3) is 5.91 Å². The maximum atomic E-state index is 13.4. The molecular weight excluding hydrogens is 342 g/mol. The Kier molecular flexibility index (Phi) is 4.90. The number of carbonyl (C=O) groups excluding carboxylic acids is 1. The van der Waals surface area contributed by atoms with E-state index in [4.69, 9.17) is 9.82 Å². The van der Waals surface area contributed by atoms with E-state index in [9.17, 15) is 4.79 Å². The first-order valence-corrected chi connectivity index (χ1v) is 9.94. The van der Waals surface area contributed by atoms with Crippen LogP contribution in [0.25, 0.3) is 11.0 Å². The van der Waals surface area contributed by atoms with Crippen LogP contribution in [-0.2, 0) is 4.84 Å². The molecule has 0 spiro atoms. The van der Waals surface area contributed by atoms with E-state index in [2.05, 4.69) is 18.9 Å². The average molecular weight is 371 g/mol. The molecule has 1 saturated carbocycles. The number of pyridine rings is 1. The van der Waals surface area contributed by atoms with Crippen molar-refractivity contribution in [3.8, 4) is 0 Å². The topological polar surface area (TPSA) is 63.5 Å². The van der Waals surface area contributed by atoms with Gasteiger partial charge in [-0.05, 0) is 45.6 Å². The maximum Gasteiger partial charge on any atom is 0.254 e. The first-order chi connectivity index (χ1) is 13.0. The summed E-state index contributed by atoms with van der Waals surface area (Å²) < 4.78 is 1.93. The lowest BCUT2D eigenvalue weighted by atomic mass is 10.0. The van der Waals surface area contributed by atoms with Crippen molar-refractivity contribution in [3.05, 3.63) is 23.5 Å². The minimum atomic E-state index is 0.0727. The number of hydrogen-bond donors (Lipinski definition) is 0. The monoisotopic (exact) mass is 371 g/mol. The fourth-order valence-corrected chi connectivity index (χ4v) is 3.95. The Labute approximate surface area is 160 Å².